The van der Waals surface area contributed by atoms with Crippen molar-refractivity contribution in [2.75, 3.05) is 27.8 Å². The number of aliphatic imine (C=N–C) groups is 2. The Balaban J connectivity index is 0.000000456. The van der Waals surface area contributed by atoms with Crippen molar-refractivity contribution in [1.82, 2.24) is 0 Å². The van der Waals surface area contributed by atoms with Gasteiger partial charge in [-0.15, -0.1) is 0 Å². The average molecular weight is 947 g/mol. The van der Waals surface area contributed by atoms with Gasteiger partial charge in [-0.3, -0.25) is 9.98 Å². The standard InChI is InChI=1S/C22H29NO2.C18H21NO2.4ClH.2Zr/c1-16(2)11-12-23-15-17-13-19(25-5)14-20(21(17)24)22(3,4)18-9-7-6-8-10-18;1-18(2,14-8-6-5-7-9-14)16-11-15(21-4)10-13(12-19-3)17(16)20;;;;;;/h6-10,13-16,24H,11-12H2,1-5H3;5-12,20H,1-4H3;4*1H;;/q;;;;;;2*+2/p-4. The number of benzene rings is 4. The second-order valence-corrected chi connectivity index (χ2v) is 20.4. The molecule has 12 heteroatoms. The molecular formula is C40H50Cl4N2O4Zr2. The van der Waals surface area contributed by atoms with E-state index in [4.69, 9.17) is 43.5 Å². The van der Waals surface area contributed by atoms with Gasteiger partial charge in [0.05, 0.1) is 14.2 Å². The third-order valence-electron chi connectivity index (χ3n) is 8.37. The van der Waals surface area contributed by atoms with Crippen LogP contribution >= 0.6 is 34.1 Å². The normalized spacial score (nSPS) is 11.1. The summed E-state index contributed by atoms with van der Waals surface area (Å²) in [5.41, 5.74) is 4.61. The van der Waals surface area contributed by atoms with Crippen LogP contribution in [0, 0.1) is 5.92 Å². The van der Waals surface area contributed by atoms with Crippen LogP contribution in [0.1, 0.15) is 81.3 Å². The van der Waals surface area contributed by atoms with Crippen LogP contribution in [0.3, 0.4) is 0 Å². The first-order chi connectivity index (χ1) is 24.7. The maximum absolute atomic E-state index is 10.9. The quantitative estimate of drug-likeness (QED) is 0.147. The van der Waals surface area contributed by atoms with E-state index in [1.807, 2.05) is 54.6 Å². The Bertz CT molecular complexity index is 1670. The molecule has 0 heterocycles. The summed E-state index contributed by atoms with van der Waals surface area (Å²) in [5, 5.41) is 21.5. The van der Waals surface area contributed by atoms with E-state index in [1.54, 1.807) is 39.8 Å². The fraction of sp³-hybridized carbons (Fsp3) is 0.350. The number of methoxy groups -OCH3 is 2. The molecule has 2 N–H and O–H groups in total. The molecule has 280 valence electrons. The average Bonchev–Trinajstić information content (AvgIpc) is 3.13. The molecule has 4 aromatic rings. The van der Waals surface area contributed by atoms with Gasteiger partial charge >= 0.3 is 75.7 Å². The van der Waals surface area contributed by atoms with Crippen LogP contribution in [0.25, 0.3) is 0 Å². The Morgan fingerprint density at radius 2 is 1.04 bits per heavy atom. The molecule has 0 atom stereocenters. The molecule has 0 aromatic heterocycles. The minimum absolute atomic E-state index is 0.246. The molecule has 0 radical (unpaired) electrons. The third kappa shape index (κ3) is 15.2. The molecule has 0 aliphatic rings. The fourth-order valence-electron chi connectivity index (χ4n) is 5.30. The zero-order valence-electron chi connectivity index (χ0n) is 31.3. The van der Waals surface area contributed by atoms with Crippen molar-refractivity contribution < 1.29 is 61.4 Å². The Morgan fingerprint density at radius 3 is 1.37 bits per heavy atom. The molecule has 0 unspecified atom stereocenters. The van der Waals surface area contributed by atoms with E-state index in [0.29, 0.717) is 22.8 Å². The molecule has 52 heavy (non-hydrogen) atoms. The Hall–Kier alpha value is -1.65. The minimum atomic E-state index is -0.826. The number of phenolic OH excluding ortho intramolecular Hbond substituents is 2. The van der Waals surface area contributed by atoms with Gasteiger partial charge in [0.25, 0.3) is 0 Å². The topological polar surface area (TPSA) is 83.6 Å². The van der Waals surface area contributed by atoms with Gasteiger partial charge in [0.2, 0.25) is 0 Å². The molecule has 0 aliphatic carbocycles. The van der Waals surface area contributed by atoms with E-state index in [1.165, 1.54) is 0 Å². The molecule has 6 nitrogen and oxygen atoms in total. The Kier molecular flexibility index (Phi) is 23.7. The van der Waals surface area contributed by atoms with Crippen molar-refractivity contribution in [3.63, 3.8) is 0 Å². The van der Waals surface area contributed by atoms with Gasteiger partial charge in [-0.2, -0.15) is 0 Å². The fourth-order valence-corrected chi connectivity index (χ4v) is 5.30. The van der Waals surface area contributed by atoms with Crippen LogP contribution in [-0.4, -0.2) is 50.5 Å². The summed E-state index contributed by atoms with van der Waals surface area (Å²) >= 11 is -1.65. The monoisotopic (exact) mass is 942 g/mol. The van der Waals surface area contributed by atoms with Gasteiger partial charge in [0.1, 0.15) is 23.0 Å². The van der Waals surface area contributed by atoms with Crippen molar-refractivity contribution in [2.45, 2.75) is 58.8 Å². The first-order valence-electron chi connectivity index (χ1n) is 16.5. The SMILES string of the molecule is CN=Cc1cc(OC)cc(C(C)(C)c2ccccc2)c1O.COc1cc(C=NCCC(C)C)c(O)c(C(C)(C)c2ccccc2)c1.[Cl][Zr][Cl].[Cl][Zr][Cl]. The van der Waals surface area contributed by atoms with Crippen LogP contribution in [0.4, 0.5) is 0 Å². The Morgan fingerprint density at radius 1 is 0.673 bits per heavy atom. The summed E-state index contributed by atoms with van der Waals surface area (Å²) in [6.07, 6.45) is 4.43. The number of aromatic hydroxyl groups is 2. The number of nitrogens with zero attached hydrogens (tertiary/aromatic N) is 2. The zero-order chi connectivity index (χ0) is 39.3. The number of rotatable bonds is 11. The van der Waals surface area contributed by atoms with E-state index >= 15 is 0 Å². The molecule has 4 rings (SSSR count). The second-order valence-electron chi connectivity index (χ2n) is 13.0. The van der Waals surface area contributed by atoms with E-state index in [-0.39, 0.29) is 22.3 Å². The van der Waals surface area contributed by atoms with Gasteiger partial charge < -0.3 is 19.7 Å². The number of phenols is 2. The molecule has 0 saturated carbocycles. The predicted octanol–water partition coefficient (Wildman–Crippen LogP) is 11.7. The number of halogens is 4. The van der Waals surface area contributed by atoms with Crippen molar-refractivity contribution >= 4 is 46.5 Å². The van der Waals surface area contributed by atoms with Crippen LogP contribution in [0.2, 0.25) is 0 Å². The van der Waals surface area contributed by atoms with Crippen LogP contribution in [0.15, 0.2) is 94.9 Å². The molecule has 4 aromatic carbocycles. The molecule has 0 aliphatic heterocycles. The summed E-state index contributed by atoms with van der Waals surface area (Å²) in [5.74, 6) is 2.56. The summed E-state index contributed by atoms with van der Waals surface area (Å²) in [7, 11) is 24.7. The number of hydrogen-bond donors (Lipinski definition) is 2. The van der Waals surface area contributed by atoms with Gasteiger partial charge in [0.15, 0.2) is 0 Å². The van der Waals surface area contributed by atoms with Crippen molar-refractivity contribution in [3.8, 4) is 23.0 Å². The summed E-state index contributed by atoms with van der Waals surface area (Å²) in [6.45, 7) is 13.5. The number of ether oxygens (including phenoxy) is 2. The van der Waals surface area contributed by atoms with Crippen molar-refractivity contribution in [3.05, 3.63) is 118 Å². The predicted molar refractivity (Wildman–Crippen MR) is 215 cm³/mol. The molecule has 0 fully saturated rings. The Labute approximate surface area is 348 Å². The van der Waals surface area contributed by atoms with Crippen LogP contribution < -0.4 is 9.47 Å². The van der Waals surface area contributed by atoms with E-state index in [0.717, 1.165) is 41.0 Å². The zero-order valence-corrected chi connectivity index (χ0v) is 39.3. The van der Waals surface area contributed by atoms with Crippen LogP contribution in [0.5, 0.6) is 23.0 Å². The van der Waals surface area contributed by atoms with Crippen molar-refractivity contribution in [1.29, 1.82) is 0 Å². The molecule has 0 bridgehead atoms. The van der Waals surface area contributed by atoms with Gasteiger partial charge in [-0.1, -0.05) is 102 Å². The molecule has 0 amide bonds. The first-order valence-corrected chi connectivity index (χ1v) is 29.1. The van der Waals surface area contributed by atoms with Crippen LogP contribution in [-0.2, 0) is 52.5 Å². The van der Waals surface area contributed by atoms with Crippen molar-refractivity contribution in [2.24, 2.45) is 15.9 Å². The maximum atomic E-state index is 10.9. The molecule has 0 saturated heterocycles. The summed E-state index contributed by atoms with van der Waals surface area (Å²) in [4.78, 5) is 8.47. The molecular weight excluding hydrogens is 897 g/mol. The van der Waals surface area contributed by atoms with E-state index in [9.17, 15) is 10.2 Å². The third-order valence-corrected chi connectivity index (χ3v) is 8.37. The first kappa shape index (κ1) is 48.4. The number of hydrogen-bond acceptors (Lipinski definition) is 6. The summed E-state index contributed by atoms with van der Waals surface area (Å²) < 4.78 is 10.8. The van der Waals surface area contributed by atoms with Gasteiger partial charge in [0, 0.05) is 59.1 Å². The van der Waals surface area contributed by atoms with Gasteiger partial charge in [-0.25, -0.2) is 0 Å². The summed E-state index contributed by atoms with van der Waals surface area (Å²) in [6, 6.07) is 27.7. The van der Waals surface area contributed by atoms with E-state index in [2.05, 4.69) is 75.8 Å². The van der Waals surface area contributed by atoms with E-state index < -0.39 is 41.7 Å². The van der Waals surface area contributed by atoms with Gasteiger partial charge in [-0.05, 0) is 47.7 Å². The molecule has 0 spiro atoms. The second kappa shape index (κ2) is 25.4.